The van der Waals surface area contributed by atoms with Gasteiger partial charge in [0.1, 0.15) is 17.8 Å². The SMILES string of the molecule is O=CCCCCC(=O)Oc1ccc(O)cc1. The molecule has 1 N–H and O–H groups in total. The van der Waals surface area contributed by atoms with E-state index in [-0.39, 0.29) is 11.7 Å². The highest BCUT2D eigenvalue weighted by molar-refractivity contribution is 5.72. The van der Waals surface area contributed by atoms with Crippen molar-refractivity contribution in [2.75, 3.05) is 0 Å². The van der Waals surface area contributed by atoms with Gasteiger partial charge in [-0.1, -0.05) is 0 Å². The number of esters is 1. The van der Waals surface area contributed by atoms with Crippen LogP contribution in [0.3, 0.4) is 0 Å². The Labute approximate surface area is 93.9 Å². The van der Waals surface area contributed by atoms with Gasteiger partial charge in [-0.3, -0.25) is 4.79 Å². The van der Waals surface area contributed by atoms with E-state index in [1.807, 2.05) is 0 Å². The Kier molecular flexibility index (Phi) is 5.05. The zero-order valence-corrected chi connectivity index (χ0v) is 8.89. The molecule has 0 aliphatic carbocycles. The van der Waals surface area contributed by atoms with E-state index in [0.717, 1.165) is 6.29 Å². The molecule has 0 radical (unpaired) electrons. The number of hydrogen-bond donors (Lipinski definition) is 1. The minimum absolute atomic E-state index is 0.130. The van der Waals surface area contributed by atoms with E-state index < -0.39 is 0 Å². The summed E-state index contributed by atoms with van der Waals surface area (Å²) in [5.74, 6) is 0.223. The van der Waals surface area contributed by atoms with E-state index in [4.69, 9.17) is 9.84 Å². The summed E-state index contributed by atoms with van der Waals surface area (Å²) in [5.41, 5.74) is 0. The van der Waals surface area contributed by atoms with Crippen molar-refractivity contribution in [2.24, 2.45) is 0 Å². The molecule has 0 aliphatic heterocycles. The predicted octanol–water partition coefficient (Wildman–Crippen LogP) is 2.06. The number of rotatable bonds is 6. The summed E-state index contributed by atoms with van der Waals surface area (Å²) in [6.45, 7) is 0. The summed E-state index contributed by atoms with van der Waals surface area (Å²) in [7, 11) is 0. The first-order valence-electron chi connectivity index (χ1n) is 5.15. The molecule has 0 fully saturated rings. The van der Waals surface area contributed by atoms with E-state index in [1.165, 1.54) is 24.3 Å². The first-order chi connectivity index (χ1) is 7.72. The lowest BCUT2D eigenvalue weighted by atomic mass is 10.2. The van der Waals surface area contributed by atoms with Crippen molar-refractivity contribution in [1.82, 2.24) is 0 Å². The van der Waals surface area contributed by atoms with E-state index in [9.17, 15) is 9.59 Å². The molecular formula is C12H14O4. The first-order valence-corrected chi connectivity index (χ1v) is 5.15. The number of unbranched alkanes of at least 4 members (excludes halogenated alkanes) is 2. The fourth-order valence-corrected chi connectivity index (χ4v) is 1.19. The third-order valence-electron chi connectivity index (χ3n) is 2.02. The molecule has 0 spiro atoms. The van der Waals surface area contributed by atoms with Crippen molar-refractivity contribution in [1.29, 1.82) is 0 Å². The van der Waals surface area contributed by atoms with Crippen LogP contribution in [0.15, 0.2) is 24.3 Å². The van der Waals surface area contributed by atoms with Crippen LogP contribution in [0.4, 0.5) is 0 Å². The fraction of sp³-hybridized carbons (Fsp3) is 0.333. The van der Waals surface area contributed by atoms with Crippen LogP contribution in [0, 0.1) is 0 Å². The van der Waals surface area contributed by atoms with Crippen molar-refractivity contribution < 1.29 is 19.4 Å². The van der Waals surface area contributed by atoms with Crippen LogP contribution >= 0.6 is 0 Å². The van der Waals surface area contributed by atoms with Crippen LogP contribution in [0.25, 0.3) is 0 Å². The van der Waals surface area contributed by atoms with Crippen LogP contribution in [0.1, 0.15) is 25.7 Å². The molecule has 16 heavy (non-hydrogen) atoms. The monoisotopic (exact) mass is 222 g/mol. The zero-order valence-electron chi connectivity index (χ0n) is 8.89. The summed E-state index contributed by atoms with van der Waals surface area (Å²) < 4.78 is 5.01. The van der Waals surface area contributed by atoms with Gasteiger partial charge in [-0.05, 0) is 37.1 Å². The number of benzene rings is 1. The second-order valence-electron chi connectivity index (χ2n) is 3.38. The Hall–Kier alpha value is -1.84. The summed E-state index contributed by atoms with van der Waals surface area (Å²) >= 11 is 0. The van der Waals surface area contributed by atoms with Crippen LogP contribution < -0.4 is 4.74 Å². The second-order valence-corrected chi connectivity index (χ2v) is 3.38. The Morgan fingerprint density at radius 3 is 2.56 bits per heavy atom. The first kappa shape index (κ1) is 12.2. The molecule has 0 amide bonds. The fourth-order valence-electron chi connectivity index (χ4n) is 1.19. The molecule has 0 aromatic heterocycles. The number of hydrogen-bond acceptors (Lipinski definition) is 4. The number of aldehydes is 1. The van der Waals surface area contributed by atoms with Crippen molar-refractivity contribution >= 4 is 12.3 Å². The number of aromatic hydroxyl groups is 1. The third-order valence-corrected chi connectivity index (χ3v) is 2.02. The lowest BCUT2D eigenvalue weighted by molar-refractivity contribution is -0.134. The minimum atomic E-state index is -0.323. The molecule has 4 nitrogen and oxygen atoms in total. The molecule has 0 aliphatic rings. The molecular weight excluding hydrogens is 208 g/mol. The van der Waals surface area contributed by atoms with Gasteiger partial charge in [0.2, 0.25) is 0 Å². The molecule has 1 rings (SSSR count). The molecule has 0 atom stereocenters. The lowest BCUT2D eigenvalue weighted by Gasteiger charge is -2.03. The van der Waals surface area contributed by atoms with Gasteiger partial charge in [-0.25, -0.2) is 0 Å². The summed E-state index contributed by atoms with van der Waals surface area (Å²) in [6, 6.07) is 5.96. The van der Waals surface area contributed by atoms with Crippen LogP contribution in [-0.4, -0.2) is 17.4 Å². The van der Waals surface area contributed by atoms with Crippen molar-refractivity contribution in [2.45, 2.75) is 25.7 Å². The van der Waals surface area contributed by atoms with Crippen LogP contribution in [0.2, 0.25) is 0 Å². The van der Waals surface area contributed by atoms with Gasteiger partial charge in [-0.2, -0.15) is 0 Å². The molecule has 0 bridgehead atoms. The largest absolute Gasteiger partial charge is 0.508 e. The summed E-state index contributed by atoms with van der Waals surface area (Å²) in [4.78, 5) is 21.3. The van der Waals surface area contributed by atoms with Gasteiger partial charge >= 0.3 is 5.97 Å². The van der Waals surface area contributed by atoms with Gasteiger partial charge in [-0.15, -0.1) is 0 Å². The van der Waals surface area contributed by atoms with Crippen molar-refractivity contribution in [3.8, 4) is 11.5 Å². The number of carbonyl (C=O) groups excluding carboxylic acids is 2. The lowest BCUT2D eigenvalue weighted by Crippen LogP contribution is -2.07. The maximum atomic E-state index is 11.3. The molecule has 0 heterocycles. The summed E-state index contributed by atoms with van der Waals surface area (Å²) in [6.07, 6.45) is 2.97. The second kappa shape index (κ2) is 6.61. The molecule has 0 unspecified atom stereocenters. The average molecular weight is 222 g/mol. The Bertz CT molecular complexity index is 343. The molecule has 0 saturated carbocycles. The average Bonchev–Trinajstić information content (AvgIpc) is 2.28. The maximum absolute atomic E-state index is 11.3. The van der Waals surface area contributed by atoms with Crippen LogP contribution in [-0.2, 0) is 9.59 Å². The predicted molar refractivity (Wildman–Crippen MR) is 58.3 cm³/mol. The van der Waals surface area contributed by atoms with E-state index in [1.54, 1.807) is 0 Å². The molecule has 0 saturated heterocycles. The van der Waals surface area contributed by atoms with Gasteiger partial charge < -0.3 is 14.6 Å². The highest BCUT2D eigenvalue weighted by Crippen LogP contribution is 2.16. The molecule has 1 aromatic carbocycles. The van der Waals surface area contributed by atoms with Crippen molar-refractivity contribution in [3.63, 3.8) is 0 Å². The van der Waals surface area contributed by atoms with Gasteiger partial charge in [0.15, 0.2) is 0 Å². The number of ether oxygens (including phenoxy) is 1. The van der Waals surface area contributed by atoms with Gasteiger partial charge in [0.05, 0.1) is 0 Å². The van der Waals surface area contributed by atoms with Crippen molar-refractivity contribution in [3.05, 3.63) is 24.3 Å². The molecule has 86 valence electrons. The number of phenolic OH excluding ortho intramolecular Hbond substituents is 1. The van der Waals surface area contributed by atoms with E-state index in [2.05, 4.69) is 0 Å². The number of phenols is 1. The molecule has 1 aromatic rings. The standard InChI is InChI=1S/C12H14O4/c13-9-3-1-2-4-12(15)16-11-7-5-10(14)6-8-11/h5-9,14H,1-4H2. The highest BCUT2D eigenvalue weighted by atomic mass is 16.5. The summed E-state index contributed by atoms with van der Waals surface area (Å²) in [5, 5.41) is 9.02. The van der Waals surface area contributed by atoms with Gasteiger partial charge in [0.25, 0.3) is 0 Å². The smallest absolute Gasteiger partial charge is 0.311 e. The Morgan fingerprint density at radius 1 is 1.25 bits per heavy atom. The minimum Gasteiger partial charge on any atom is -0.508 e. The van der Waals surface area contributed by atoms with E-state index >= 15 is 0 Å². The number of carbonyl (C=O) groups is 2. The highest BCUT2D eigenvalue weighted by Gasteiger charge is 2.04. The maximum Gasteiger partial charge on any atom is 0.311 e. The Morgan fingerprint density at radius 2 is 1.94 bits per heavy atom. The normalized spacial score (nSPS) is 9.75. The van der Waals surface area contributed by atoms with Gasteiger partial charge in [0, 0.05) is 12.8 Å². The zero-order chi connectivity index (χ0) is 11.8. The quantitative estimate of drug-likeness (QED) is 0.346. The Balaban J connectivity index is 2.28. The van der Waals surface area contributed by atoms with Crippen LogP contribution in [0.5, 0.6) is 11.5 Å². The third kappa shape index (κ3) is 4.59. The molecule has 4 heteroatoms. The topological polar surface area (TPSA) is 63.6 Å². The van der Waals surface area contributed by atoms with E-state index in [0.29, 0.717) is 31.4 Å².